The third-order valence-electron chi connectivity index (χ3n) is 7.17. The van der Waals surface area contributed by atoms with E-state index in [1.54, 1.807) is 6.92 Å². The maximum absolute atomic E-state index is 15.5. The molecule has 1 aromatic carbocycles. The molecular formula is C27H29F2N7O5S2. The van der Waals surface area contributed by atoms with Gasteiger partial charge in [-0.15, -0.1) is 0 Å². The summed E-state index contributed by atoms with van der Waals surface area (Å²) in [5.74, 6) is -3.26. The van der Waals surface area contributed by atoms with Gasteiger partial charge in [-0.25, -0.2) is 27.2 Å². The van der Waals surface area contributed by atoms with Gasteiger partial charge < -0.3 is 15.2 Å². The van der Waals surface area contributed by atoms with Gasteiger partial charge in [0.2, 0.25) is 5.78 Å². The second kappa shape index (κ2) is 11.6. The maximum atomic E-state index is 15.5. The summed E-state index contributed by atoms with van der Waals surface area (Å²) in [7, 11) is -6.55. The van der Waals surface area contributed by atoms with E-state index in [1.165, 1.54) is 37.8 Å². The predicted octanol–water partition coefficient (Wildman–Crippen LogP) is 2.56. The van der Waals surface area contributed by atoms with Crippen LogP contribution < -0.4 is 14.9 Å². The molecule has 4 aromatic rings. The lowest BCUT2D eigenvalue weighted by Gasteiger charge is -2.29. The zero-order chi connectivity index (χ0) is 31.1. The molecule has 0 atom stereocenters. The molecule has 0 aliphatic carbocycles. The lowest BCUT2D eigenvalue weighted by molar-refractivity contribution is 0.103. The molecule has 0 unspecified atom stereocenters. The summed E-state index contributed by atoms with van der Waals surface area (Å²) in [6, 6.07) is 4.72. The smallest absolute Gasteiger partial charge is 0.301 e. The Labute approximate surface area is 247 Å². The molecule has 0 radical (unpaired) electrons. The first-order valence-electron chi connectivity index (χ1n) is 13.2. The van der Waals surface area contributed by atoms with Crippen LogP contribution in [0.1, 0.15) is 22.8 Å². The number of piperazine rings is 1. The summed E-state index contributed by atoms with van der Waals surface area (Å²) in [5.41, 5.74) is -0.609. The average Bonchev–Trinajstić information content (AvgIpc) is 3.41. The first-order valence-corrected chi connectivity index (χ1v) is 16.5. The van der Waals surface area contributed by atoms with Gasteiger partial charge >= 0.3 is 10.2 Å². The van der Waals surface area contributed by atoms with E-state index in [2.05, 4.69) is 20.3 Å². The molecule has 5 rings (SSSR count). The van der Waals surface area contributed by atoms with Crippen molar-refractivity contribution in [1.82, 2.24) is 24.6 Å². The quantitative estimate of drug-likeness (QED) is 0.236. The lowest BCUT2D eigenvalue weighted by atomic mass is 10.00. The monoisotopic (exact) mass is 633 g/mol. The Morgan fingerprint density at radius 3 is 2.42 bits per heavy atom. The van der Waals surface area contributed by atoms with Crippen molar-refractivity contribution in [2.24, 2.45) is 0 Å². The van der Waals surface area contributed by atoms with E-state index in [4.69, 9.17) is 0 Å². The fourth-order valence-electron chi connectivity index (χ4n) is 4.69. The second-order valence-corrected chi connectivity index (χ2v) is 13.8. The Hall–Kier alpha value is -3.99. The van der Waals surface area contributed by atoms with Gasteiger partial charge in [0.15, 0.2) is 15.7 Å². The highest BCUT2D eigenvalue weighted by Gasteiger charge is 2.27. The Bertz CT molecular complexity index is 1940. The standard InChI is InChI=1S/C27H29F2N7O5S2/c1-4-35(2)43(40,41)34-21-6-5-20(28)23(24(21)29)25(37)19-15-32-26-18(19)11-16(13-31-26)17-12-22(42(3,38)39)27(33-14-17)36-9-7-30-8-10-36/h5-6,11-15,30,34H,4,7-10H2,1-3H3,(H,31,32). The fraction of sp³-hybridized carbons (Fsp3) is 0.296. The van der Waals surface area contributed by atoms with Gasteiger partial charge in [-0.1, -0.05) is 6.92 Å². The van der Waals surface area contributed by atoms with Crippen molar-refractivity contribution in [1.29, 1.82) is 0 Å². The molecule has 12 nitrogen and oxygen atoms in total. The number of nitrogens with zero attached hydrogens (tertiary/aromatic N) is 4. The normalized spacial score (nSPS) is 14.4. The molecule has 4 heterocycles. The first kappa shape index (κ1) is 30.5. The third-order valence-corrected chi connectivity index (χ3v) is 9.83. The lowest BCUT2D eigenvalue weighted by Crippen LogP contribution is -2.44. The Kier molecular flexibility index (Phi) is 8.22. The second-order valence-electron chi connectivity index (χ2n) is 10.0. The molecule has 16 heteroatoms. The number of carbonyl (C=O) groups excluding carboxylic acids is 1. The first-order chi connectivity index (χ1) is 20.3. The molecule has 0 bridgehead atoms. The van der Waals surface area contributed by atoms with E-state index in [1.807, 2.05) is 9.62 Å². The van der Waals surface area contributed by atoms with Gasteiger partial charge in [0.05, 0.1) is 11.3 Å². The highest BCUT2D eigenvalue weighted by atomic mass is 32.2. The number of anilines is 2. The van der Waals surface area contributed by atoms with Crippen LogP contribution in [0.4, 0.5) is 20.3 Å². The molecule has 43 heavy (non-hydrogen) atoms. The van der Waals surface area contributed by atoms with Gasteiger partial charge in [0, 0.05) is 86.7 Å². The van der Waals surface area contributed by atoms with E-state index >= 15 is 4.39 Å². The maximum Gasteiger partial charge on any atom is 0.301 e. The van der Waals surface area contributed by atoms with Crippen molar-refractivity contribution in [3.05, 3.63) is 65.6 Å². The van der Waals surface area contributed by atoms with Gasteiger partial charge in [-0.05, 0) is 24.3 Å². The van der Waals surface area contributed by atoms with E-state index < -0.39 is 48.7 Å². The van der Waals surface area contributed by atoms with Crippen LogP contribution in [0.2, 0.25) is 0 Å². The van der Waals surface area contributed by atoms with E-state index in [0.717, 1.165) is 22.7 Å². The molecule has 0 amide bonds. The zero-order valence-corrected chi connectivity index (χ0v) is 25.1. The number of H-pyrrole nitrogens is 1. The average molecular weight is 634 g/mol. The molecule has 1 aliphatic rings. The molecule has 228 valence electrons. The van der Waals surface area contributed by atoms with Crippen LogP contribution in [0.3, 0.4) is 0 Å². The zero-order valence-electron chi connectivity index (χ0n) is 23.5. The van der Waals surface area contributed by atoms with E-state index in [9.17, 15) is 26.0 Å². The minimum Gasteiger partial charge on any atom is -0.353 e. The molecule has 3 aromatic heterocycles. The van der Waals surface area contributed by atoms with Crippen LogP contribution in [0.15, 0.2) is 47.8 Å². The summed E-state index contributed by atoms with van der Waals surface area (Å²) >= 11 is 0. The number of rotatable bonds is 9. The Balaban J connectivity index is 1.55. The molecule has 0 spiro atoms. The largest absolute Gasteiger partial charge is 0.353 e. The number of aromatic amines is 1. The minimum atomic E-state index is -4.15. The van der Waals surface area contributed by atoms with Crippen molar-refractivity contribution in [2.75, 3.05) is 55.6 Å². The summed E-state index contributed by atoms with van der Waals surface area (Å²) in [4.78, 5) is 27.0. The number of pyridine rings is 2. The fourth-order valence-corrected chi connectivity index (χ4v) is 6.48. The van der Waals surface area contributed by atoms with Gasteiger partial charge in [0.25, 0.3) is 0 Å². The van der Waals surface area contributed by atoms with E-state index in [0.29, 0.717) is 43.1 Å². The number of aromatic nitrogens is 3. The van der Waals surface area contributed by atoms with Gasteiger partial charge in [-0.2, -0.15) is 12.7 Å². The number of ketones is 1. The SMILES string of the molecule is CCN(C)S(=O)(=O)Nc1ccc(F)c(C(=O)c2c[nH]c3ncc(-c4cnc(N5CCNCC5)c(S(C)(=O)=O)c4)cc23)c1F. The Morgan fingerprint density at radius 1 is 1.07 bits per heavy atom. The number of halogens is 2. The van der Waals surface area contributed by atoms with Crippen molar-refractivity contribution in [3.8, 4) is 11.1 Å². The number of benzene rings is 1. The van der Waals surface area contributed by atoms with E-state index in [-0.39, 0.29) is 28.0 Å². The number of hydrogen-bond donors (Lipinski definition) is 3. The van der Waals surface area contributed by atoms with Crippen molar-refractivity contribution in [2.45, 2.75) is 11.8 Å². The highest BCUT2D eigenvalue weighted by molar-refractivity contribution is 7.91. The number of carbonyl (C=O) groups is 1. The van der Waals surface area contributed by atoms with Crippen LogP contribution in [0, 0.1) is 11.6 Å². The topological polar surface area (TPSA) is 157 Å². The molecule has 1 fully saturated rings. The highest BCUT2D eigenvalue weighted by Crippen LogP contribution is 2.32. The minimum absolute atomic E-state index is 0.0366. The molecule has 0 saturated carbocycles. The van der Waals surface area contributed by atoms with Crippen LogP contribution in [0.5, 0.6) is 0 Å². The van der Waals surface area contributed by atoms with Crippen molar-refractivity contribution >= 4 is 48.4 Å². The Morgan fingerprint density at radius 2 is 1.74 bits per heavy atom. The number of fused-ring (bicyclic) bond motifs is 1. The predicted molar refractivity (Wildman–Crippen MR) is 158 cm³/mol. The molecular weight excluding hydrogens is 604 g/mol. The summed E-state index contributed by atoms with van der Waals surface area (Å²) < 4.78 is 83.6. The number of sulfone groups is 1. The van der Waals surface area contributed by atoms with Crippen LogP contribution >= 0.6 is 0 Å². The molecule has 1 aliphatic heterocycles. The van der Waals surface area contributed by atoms with Gasteiger partial charge in [-0.3, -0.25) is 9.52 Å². The van der Waals surface area contributed by atoms with Crippen molar-refractivity contribution in [3.63, 3.8) is 0 Å². The summed E-state index contributed by atoms with van der Waals surface area (Å²) in [6.45, 7) is 4.21. The van der Waals surface area contributed by atoms with Crippen molar-refractivity contribution < 1.29 is 30.4 Å². The molecule has 1 saturated heterocycles. The van der Waals surface area contributed by atoms with Crippen LogP contribution in [-0.2, 0) is 20.0 Å². The number of nitrogens with one attached hydrogen (secondary N) is 3. The number of hydrogen-bond acceptors (Lipinski definition) is 9. The van der Waals surface area contributed by atoms with Gasteiger partial charge in [0.1, 0.15) is 22.2 Å². The third kappa shape index (κ3) is 5.95. The van der Waals surface area contributed by atoms with Crippen LogP contribution in [-0.4, -0.2) is 87.9 Å². The summed E-state index contributed by atoms with van der Waals surface area (Å²) in [6.07, 6.45) is 5.31. The summed E-state index contributed by atoms with van der Waals surface area (Å²) in [5, 5.41) is 3.42. The van der Waals surface area contributed by atoms with Crippen LogP contribution in [0.25, 0.3) is 22.2 Å². The molecule has 3 N–H and O–H groups in total.